The number of aromatic nitrogens is 3. The summed E-state index contributed by atoms with van der Waals surface area (Å²) in [4.78, 5) is 8.96. The van der Waals surface area contributed by atoms with E-state index >= 15 is 0 Å². The maximum atomic E-state index is 13.1. The number of sulfonamides is 1. The van der Waals surface area contributed by atoms with Gasteiger partial charge in [0.05, 0.1) is 33.9 Å². The van der Waals surface area contributed by atoms with Crippen molar-refractivity contribution in [1.29, 1.82) is 5.26 Å². The van der Waals surface area contributed by atoms with Crippen molar-refractivity contribution in [3.63, 3.8) is 0 Å². The number of nitrogens with zero attached hydrogens (tertiary/aromatic N) is 4. The Labute approximate surface area is 196 Å². The Morgan fingerprint density at radius 1 is 1.06 bits per heavy atom. The van der Waals surface area contributed by atoms with Gasteiger partial charge >= 0.3 is 0 Å². The zero-order chi connectivity index (χ0) is 23.7. The summed E-state index contributed by atoms with van der Waals surface area (Å²) in [5.74, 6) is 1.24. The molecule has 0 aliphatic carbocycles. The molecular weight excluding hydrogens is 450 g/mol. The number of anilines is 1. The Balaban J connectivity index is 1.41. The number of nitrogens with one attached hydrogen (secondary N) is 1. The topological polar surface area (TPSA) is 110 Å². The standard InChI is InChI=1S/C25H19N5O3S/c1-30-22-11-10-19(29-34(31,32)23-9-3-6-18-7-4-12-27-25(18)23)14-21(22)28-24(30)16-33-20-8-2-5-17(13-20)15-26/h2-14,29H,16H2,1H3. The van der Waals surface area contributed by atoms with Crippen molar-refractivity contribution in [1.82, 2.24) is 14.5 Å². The fourth-order valence-electron chi connectivity index (χ4n) is 3.75. The van der Waals surface area contributed by atoms with E-state index in [9.17, 15) is 8.42 Å². The SMILES string of the molecule is Cn1c(COc2cccc(C#N)c2)nc2cc(NS(=O)(=O)c3cccc4cccnc34)ccc21. The Morgan fingerprint density at radius 2 is 1.88 bits per heavy atom. The lowest BCUT2D eigenvalue weighted by molar-refractivity contribution is 0.292. The number of pyridine rings is 1. The average Bonchev–Trinajstić information content (AvgIpc) is 3.16. The third-order valence-electron chi connectivity index (χ3n) is 5.44. The summed E-state index contributed by atoms with van der Waals surface area (Å²) in [5.41, 5.74) is 2.78. The van der Waals surface area contributed by atoms with Crippen LogP contribution in [0.1, 0.15) is 11.4 Å². The maximum absolute atomic E-state index is 13.1. The number of benzene rings is 3. The lowest BCUT2D eigenvalue weighted by atomic mass is 10.2. The van der Waals surface area contributed by atoms with Gasteiger partial charge < -0.3 is 9.30 Å². The number of nitriles is 1. The van der Waals surface area contributed by atoms with Crippen LogP contribution in [-0.2, 0) is 23.7 Å². The van der Waals surface area contributed by atoms with Crippen LogP contribution in [0.5, 0.6) is 5.75 Å². The third-order valence-corrected chi connectivity index (χ3v) is 6.85. The lowest BCUT2D eigenvalue weighted by Crippen LogP contribution is -2.13. The van der Waals surface area contributed by atoms with Gasteiger partial charge in [-0.2, -0.15) is 5.26 Å². The fraction of sp³-hybridized carbons (Fsp3) is 0.0800. The van der Waals surface area contributed by atoms with Gasteiger partial charge in [-0.1, -0.05) is 24.3 Å². The molecule has 34 heavy (non-hydrogen) atoms. The number of para-hydroxylation sites is 1. The largest absolute Gasteiger partial charge is 0.486 e. The molecule has 0 fully saturated rings. The first-order valence-corrected chi connectivity index (χ1v) is 11.9. The van der Waals surface area contributed by atoms with E-state index in [0.29, 0.717) is 33.9 Å². The van der Waals surface area contributed by atoms with Gasteiger partial charge in [0.2, 0.25) is 0 Å². The van der Waals surface area contributed by atoms with Crippen LogP contribution in [0.2, 0.25) is 0 Å². The molecule has 0 saturated carbocycles. The molecule has 0 radical (unpaired) electrons. The van der Waals surface area contributed by atoms with E-state index in [1.807, 2.05) is 23.7 Å². The molecule has 168 valence electrons. The van der Waals surface area contributed by atoms with Crippen molar-refractivity contribution in [3.8, 4) is 11.8 Å². The van der Waals surface area contributed by atoms with Crippen molar-refractivity contribution >= 4 is 37.6 Å². The van der Waals surface area contributed by atoms with Crippen LogP contribution in [0.4, 0.5) is 5.69 Å². The normalized spacial score (nSPS) is 11.4. The Hall–Kier alpha value is -4.42. The highest BCUT2D eigenvalue weighted by atomic mass is 32.2. The summed E-state index contributed by atoms with van der Waals surface area (Å²) in [6, 6.07) is 22.8. The fourth-order valence-corrected chi connectivity index (χ4v) is 4.98. The molecule has 0 spiro atoms. The van der Waals surface area contributed by atoms with E-state index in [2.05, 4.69) is 20.8 Å². The van der Waals surface area contributed by atoms with Gasteiger partial charge in [-0.25, -0.2) is 13.4 Å². The van der Waals surface area contributed by atoms with Gasteiger partial charge in [-0.05, 0) is 48.5 Å². The van der Waals surface area contributed by atoms with Crippen LogP contribution in [0.3, 0.4) is 0 Å². The monoisotopic (exact) mass is 469 g/mol. The van der Waals surface area contributed by atoms with Crippen LogP contribution < -0.4 is 9.46 Å². The lowest BCUT2D eigenvalue weighted by Gasteiger charge is -2.10. The first kappa shape index (κ1) is 21.4. The molecule has 3 aromatic carbocycles. The number of aryl methyl sites for hydroxylation is 1. The summed E-state index contributed by atoms with van der Waals surface area (Å²) < 4.78 is 36.6. The molecule has 1 N–H and O–H groups in total. The number of ether oxygens (including phenoxy) is 1. The second-order valence-corrected chi connectivity index (χ2v) is 9.31. The highest BCUT2D eigenvalue weighted by molar-refractivity contribution is 7.93. The van der Waals surface area contributed by atoms with Gasteiger partial charge in [-0.15, -0.1) is 0 Å². The average molecular weight is 470 g/mol. The zero-order valence-corrected chi connectivity index (χ0v) is 19.0. The molecule has 2 aromatic heterocycles. The van der Waals surface area contributed by atoms with Gasteiger partial charge in [-0.3, -0.25) is 9.71 Å². The second-order valence-electron chi connectivity index (χ2n) is 7.66. The minimum Gasteiger partial charge on any atom is -0.486 e. The highest BCUT2D eigenvalue weighted by Gasteiger charge is 2.19. The minimum absolute atomic E-state index is 0.111. The van der Waals surface area contributed by atoms with Crippen LogP contribution in [-0.4, -0.2) is 23.0 Å². The Kier molecular flexibility index (Phi) is 5.36. The molecule has 0 bridgehead atoms. The van der Waals surface area contributed by atoms with Crippen LogP contribution in [0, 0.1) is 11.3 Å². The number of hydrogen-bond acceptors (Lipinski definition) is 6. The van der Waals surface area contributed by atoms with E-state index in [4.69, 9.17) is 10.00 Å². The minimum atomic E-state index is -3.86. The molecule has 8 nitrogen and oxygen atoms in total. The van der Waals surface area contributed by atoms with Gasteiger partial charge in [0, 0.05) is 18.6 Å². The number of hydrogen-bond donors (Lipinski definition) is 1. The first-order chi connectivity index (χ1) is 16.4. The first-order valence-electron chi connectivity index (χ1n) is 10.4. The highest BCUT2D eigenvalue weighted by Crippen LogP contribution is 2.26. The summed E-state index contributed by atoms with van der Waals surface area (Å²) in [6.07, 6.45) is 1.57. The van der Waals surface area contributed by atoms with Crippen LogP contribution in [0.25, 0.3) is 21.9 Å². The molecule has 5 aromatic rings. The summed E-state index contributed by atoms with van der Waals surface area (Å²) in [7, 11) is -2.00. The van der Waals surface area contributed by atoms with Crippen LogP contribution >= 0.6 is 0 Å². The third kappa shape index (κ3) is 4.02. The van der Waals surface area contributed by atoms with Crippen molar-refractivity contribution in [3.05, 3.63) is 90.4 Å². The van der Waals surface area contributed by atoms with Crippen molar-refractivity contribution in [2.45, 2.75) is 11.5 Å². The summed E-state index contributed by atoms with van der Waals surface area (Å²) in [5, 5.41) is 9.79. The van der Waals surface area contributed by atoms with Crippen molar-refractivity contribution in [2.75, 3.05) is 4.72 Å². The predicted molar refractivity (Wildman–Crippen MR) is 129 cm³/mol. The summed E-state index contributed by atoms with van der Waals surface area (Å²) in [6.45, 7) is 0.197. The molecule has 0 unspecified atom stereocenters. The predicted octanol–water partition coefficient (Wildman–Crippen LogP) is 4.37. The molecule has 2 heterocycles. The molecule has 9 heteroatoms. The van der Waals surface area contributed by atoms with Gasteiger partial charge in [0.15, 0.2) is 0 Å². The molecule has 0 aliphatic rings. The number of rotatable bonds is 6. The van der Waals surface area contributed by atoms with Gasteiger partial charge in [0.25, 0.3) is 10.0 Å². The van der Waals surface area contributed by atoms with Crippen molar-refractivity contribution < 1.29 is 13.2 Å². The zero-order valence-electron chi connectivity index (χ0n) is 18.1. The molecule has 0 saturated heterocycles. The van der Waals surface area contributed by atoms with Gasteiger partial charge in [0.1, 0.15) is 23.1 Å². The Bertz CT molecular complexity index is 1680. The van der Waals surface area contributed by atoms with E-state index in [1.165, 1.54) is 6.07 Å². The second kappa shape index (κ2) is 8.50. The molecule has 0 atom stereocenters. The molecule has 0 aliphatic heterocycles. The number of fused-ring (bicyclic) bond motifs is 2. The Morgan fingerprint density at radius 3 is 2.74 bits per heavy atom. The van der Waals surface area contributed by atoms with E-state index in [0.717, 1.165) is 10.9 Å². The molecule has 0 amide bonds. The van der Waals surface area contributed by atoms with E-state index < -0.39 is 10.0 Å². The molecular formula is C25H19N5O3S. The maximum Gasteiger partial charge on any atom is 0.264 e. The van der Waals surface area contributed by atoms with Crippen molar-refractivity contribution in [2.24, 2.45) is 7.05 Å². The van der Waals surface area contributed by atoms with E-state index in [-0.39, 0.29) is 11.5 Å². The molecule has 5 rings (SSSR count). The smallest absolute Gasteiger partial charge is 0.264 e. The summed E-state index contributed by atoms with van der Waals surface area (Å²) >= 11 is 0. The van der Waals surface area contributed by atoms with E-state index in [1.54, 1.807) is 60.8 Å². The van der Waals surface area contributed by atoms with Crippen LogP contribution in [0.15, 0.2) is 83.9 Å². The quantitative estimate of drug-likeness (QED) is 0.395. The number of imidazole rings is 1.